The van der Waals surface area contributed by atoms with Crippen molar-refractivity contribution in [1.82, 2.24) is 5.32 Å². The highest BCUT2D eigenvalue weighted by atomic mass is 127. The Hall–Kier alpha value is -1.34. The molecule has 2 N–H and O–H groups in total. The normalized spacial score (nSPS) is 9.30. The van der Waals surface area contributed by atoms with Crippen molar-refractivity contribution in [3.8, 4) is 11.5 Å². The number of nitrogens with one attached hydrogen (secondary N) is 2. The zero-order valence-corrected chi connectivity index (χ0v) is 14.5. The van der Waals surface area contributed by atoms with Crippen LogP contribution in [0.15, 0.2) is 48.5 Å². The summed E-state index contributed by atoms with van der Waals surface area (Å²) >= 11 is 5.10. The average Bonchev–Trinajstić information content (AvgIpc) is 2.41. The van der Waals surface area contributed by atoms with Gasteiger partial charge in [-0.3, -0.25) is 0 Å². The van der Waals surface area contributed by atoms with E-state index < -0.39 is 0 Å². The van der Waals surface area contributed by atoms with Crippen molar-refractivity contribution in [2.45, 2.75) is 6.92 Å². The van der Waals surface area contributed by atoms with E-state index in [4.69, 9.17) is 17.0 Å². The van der Waals surface area contributed by atoms with Crippen LogP contribution < -0.4 is 15.4 Å². The van der Waals surface area contributed by atoms with Crippen LogP contribution >= 0.6 is 36.2 Å². The highest BCUT2D eigenvalue weighted by Crippen LogP contribution is 2.29. The fourth-order valence-electron chi connectivity index (χ4n) is 1.65. The van der Waals surface area contributed by atoms with Crippen molar-refractivity contribution in [2.75, 3.05) is 12.4 Å². The smallest absolute Gasteiger partial charge is 0.170 e. The van der Waals surface area contributed by atoms with Crippen molar-refractivity contribution in [2.24, 2.45) is 0 Å². The molecule has 0 aliphatic heterocycles. The predicted molar refractivity (Wildman–Crippen MR) is 98.4 cm³/mol. The van der Waals surface area contributed by atoms with Crippen molar-refractivity contribution < 1.29 is 4.74 Å². The molecule has 0 atom stereocenters. The third-order valence-corrected chi connectivity index (χ3v) is 2.89. The van der Waals surface area contributed by atoms with E-state index in [1.54, 1.807) is 7.05 Å². The van der Waals surface area contributed by atoms with Gasteiger partial charge >= 0.3 is 0 Å². The van der Waals surface area contributed by atoms with E-state index in [-0.39, 0.29) is 24.0 Å². The number of thiocarbonyl (C=S) groups is 1. The van der Waals surface area contributed by atoms with Crippen molar-refractivity contribution in [3.05, 3.63) is 54.1 Å². The molecule has 0 spiro atoms. The van der Waals surface area contributed by atoms with Gasteiger partial charge in [-0.05, 0) is 49.0 Å². The minimum Gasteiger partial charge on any atom is -0.455 e. The first-order chi connectivity index (χ1) is 9.19. The van der Waals surface area contributed by atoms with Gasteiger partial charge in [0.05, 0.1) is 5.69 Å². The highest BCUT2D eigenvalue weighted by Gasteiger charge is 2.05. The van der Waals surface area contributed by atoms with Gasteiger partial charge in [-0.1, -0.05) is 24.3 Å². The van der Waals surface area contributed by atoms with Crippen LogP contribution in [0.2, 0.25) is 0 Å². The van der Waals surface area contributed by atoms with E-state index in [2.05, 4.69) is 10.6 Å². The first kappa shape index (κ1) is 16.7. The molecular formula is C15H17IN2OS. The summed E-state index contributed by atoms with van der Waals surface area (Å²) < 4.78 is 5.89. The monoisotopic (exact) mass is 400 g/mol. The molecule has 0 radical (unpaired) electrons. The second kappa shape index (κ2) is 8.06. The Morgan fingerprint density at radius 3 is 2.55 bits per heavy atom. The summed E-state index contributed by atoms with van der Waals surface area (Å²) in [6, 6.07) is 15.6. The number of hydrogen-bond donors (Lipinski definition) is 2. The molecule has 0 aromatic heterocycles. The molecule has 2 aromatic rings. The number of benzene rings is 2. The number of halogens is 1. The zero-order chi connectivity index (χ0) is 13.7. The molecule has 106 valence electrons. The van der Waals surface area contributed by atoms with E-state index in [0.29, 0.717) is 5.11 Å². The van der Waals surface area contributed by atoms with Crippen LogP contribution in [0.3, 0.4) is 0 Å². The minimum absolute atomic E-state index is 0. The summed E-state index contributed by atoms with van der Waals surface area (Å²) in [4.78, 5) is 0. The van der Waals surface area contributed by atoms with Gasteiger partial charge in [-0.25, -0.2) is 0 Å². The maximum atomic E-state index is 5.89. The van der Waals surface area contributed by atoms with Gasteiger partial charge in [0.25, 0.3) is 0 Å². The van der Waals surface area contributed by atoms with Gasteiger partial charge in [0.2, 0.25) is 0 Å². The summed E-state index contributed by atoms with van der Waals surface area (Å²) in [6.07, 6.45) is 0. The van der Waals surface area contributed by atoms with Crippen LogP contribution in [-0.4, -0.2) is 12.2 Å². The van der Waals surface area contributed by atoms with Crippen LogP contribution in [0.5, 0.6) is 11.5 Å². The molecule has 0 unspecified atom stereocenters. The van der Waals surface area contributed by atoms with Crippen molar-refractivity contribution in [1.29, 1.82) is 0 Å². The molecular weight excluding hydrogens is 383 g/mol. The fourth-order valence-corrected chi connectivity index (χ4v) is 1.76. The summed E-state index contributed by atoms with van der Waals surface area (Å²) in [7, 11) is 1.78. The maximum Gasteiger partial charge on any atom is 0.170 e. The van der Waals surface area contributed by atoms with E-state index >= 15 is 0 Å². The summed E-state index contributed by atoms with van der Waals surface area (Å²) in [5.74, 6) is 1.55. The third-order valence-electron chi connectivity index (χ3n) is 2.58. The summed E-state index contributed by atoms with van der Waals surface area (Å²) in [6.45, 7) is 2.03. The predicted octanol–water partition coefficient (Wildman–Crippen LogP) is 4.32. The molecule has 0 amide bonds. The van der Waals surface area contributed by atoms with Crippen molar-refractivity contribution >= 4 is 47.0 Å². The Balaban J connectivity index is 0.00000200. The lowest BCUT2D eigenvalue weighted by molar-refractivity contribution is 0.484. The lowest BCUT2D eigenvalue weighted by atomic mass is 10.2. The quantitative estimate of drug-likeness (QED) is 0.594. The topological polar surface area (TPSA) is 33.3 Å². The Morgan fingerprint density at radius 1 is 1.10 bits per heavy atom. The lowest BCUT2D eigenvalue weighted by Crippen LogP contribution is -2.24. The first-order valence-electron chi connectivity index (χ1n) is 6.01. The molecule has 0 saturated heterocycles. The van der Waals surface area contributed by atoms with E-state index in [1.165, 1.54) is 0 Å². The third kappa shape index (κ3) is 4.64. The molecule has 0 fully saturated rings. The SMILES string of the molecule is CNC(=S)Nc1ccccc1Oc1cccc(C)c1.I. The molecule has 3 nitrogen and oxygen atoms in total. The van der Waals surface area contributed by atoms with Crippen LogP contribution in [0, 0.1) is 6.92 Å². The van der Waals surface area contributed by atoms with Gasteiger partial charge in [-0.2, -0.15) is 0 Å². The summed E-state index contributed by atoms with van der Waals surface area (Å²) in [5, 5.41) is 6.52. The molecule has 0 heterocycles. The lowest BCUT2D eigenvalue weighted by Gasteiger charge is -2.13. The maximum absolute atomic E-state index is 5.89. The number of para-hydroxylation sites is 2. The molecule has 0 aliphatic rings. The first-order valence-corrected chi connectivity index (χ1v) is 6.42. The van der Waals surface area contributed by atoms with Crippen LogP contribution in [0.1, 0.15) is 5.56 Å². The van der Waals surface area contributed by atoms with Gasteiger partial charge in [0, 0.05) is 7.05 Å². The number of anilines is 1. The molecule has 20 heavy (non-hydrogen) atoms. The average molecular weight is 400 g/mol. The molecule has 0 aliphatic carbocycles. The molecule has 0 saturated carbocycles. The van der Waals surface area contributed by atoms with E-state index in [1.807, 2.05) is 55.5 Å². The number of ether oxygens (including phenoxy) is 1. The van der Waals surface area contributed by atoms with Gasteiger partial charge in [0.15, 0.2) is 10.9 Å². The fraction of sp³-hybridized carbons (Fsp3) is 0.133. The van der Waals surface area contributed by atoms with Crippen LogP contribution in [0.4, 0.5) is 5.69 Å². The Bertz CT molecular complexity index is 590. The van der Waals surface area contributed by atoms with Gasteiger partial charge in [-0.15, -0.1) is 24.0 Å². The second-order valence-corrected chi connectivity index (χ2v) is 4.53. The molecule has 0 bridgehead atoms. The Labute approximate surface area is 141 Å². The number of hydrogen-bond acceptors (Lipinski definition) is 2. The molecule has 2 rings (SSSR count). The zero-order valence-electron chi connectivity index (χ0n) is 11.3. The Morgan fingerprint density at radius 2 is 1.85 bits per heavy atom. The van der Waals surface area contributed by atoms with E-state index in [9.17, 15) is 0 Å². The largest absolute Gasteiger partial charge is 0.455 e. The minimum atomic E-state index is 0. The molecule has 5 heteroatoms. The van der Waals surface area contributed by atoms with Crippen LogP contribution in [-0.2, 0) is 0 Å². The Kier molecular flexibility index (Phi) is 6.74. The standard InChI is InChI=1S/C15H16N2OS.HI/c1-11-6-5-7-12(10-11)18-14-9-4-3-8-13(14)17-15(19)16-2;/h3-10H,1-2H3,(H2,16,17,19);1H. The number of rotatable bonds is 3. The van der Waals surface area contributed by atoms with Crippen molar-refractivity contribution in [3.63, 3.8) is 0 Å². The molecule has 2 aromatic carbocycles. The van der Waals surface area contributed by atoms with Gasteiger partial charge in [0.1, 0.15) is 5.75 Å². The van der Waals surface area contributed by atoms with E-state index in [0.717, 1.165) is 22.7 Å². The second-order valence-electron chi connectivity index (χ2n) is 4.12. The number of aryl methyl sites for hydroxylation is 1. The highest BCUT2D eigenvalue weighted by molar-refractivity contribution is 14.0. The van der Waals surface area contributed by atoms with Gasteiger partial charge < -0.3 is 15.4 Å². The summed E-state index contributed by atoms with van der Waals surface area (Å²) in [5.41, 5.74) is 2.00. The van der Waals surface area contributed by atoms with Crippen LogP contribution in [0.25, 0.3) is 0 Å².